The highest BCUT2D eigenvalue weighted by atomic mass is 32.2. The van der Waals surface area contributed by atoms with Crippen LogP contribution in [0.4, 0.5) is 5.69 Å². The number of benzene rings is 2. The molecule has 5 nitrogen and oxygen atoms in total. The molecule has 2 aromatic heterocycles. The van der Waals surface area contributed by atoms with E-state index in [2.05, 4.69) is 57.5 Å². The zero-order valence-electron chi connectivity index (χ0n) is 17.1. The summed E-state index contributed by atoms with van der Waals surface area (Å²) in [5.74, 6) is 1.12. The average Bonchev–Trinajstić information content (AvgIpc) is 3.37. The highest BCUT2D eigenvalue weighted by Crippen LogP contribution is 2.34. The normalized spacial score (nSPS) is 11.1. The lowest BCUT2D eigenvalue weighted by Gasteiger charge is -2.09. The fourth-order valence-electron chi connectivity index (χ4n) is 3.32. The Morgan fingerprint density at radius 2 is 1.90 bits per heavy atom. The summed E-state index contributed by atoms with van der Waals surface area (Å²) in [6.45, 7) is 5.06. The molecule has 0 bridgehead atoms. The quantitative estimate of drug-likeness (QED) is 0.351. The van der Waals surface area contributed by atoms with E-state index in [4.69, 9.17) is 0 Å². The molecule has 4 aromatic rings. The zero-order chi connectivity index (χ0) is 20.9. The number of rotatable bonds is 8. The Bertz CT molecular complexity index is 1150. The van der Waals surface area contributed by atoms with Gasteiger partial charge in [0.25, 0.3) is 0 Å². The second-order valence-corrected chi connectivity index (χ2v) is 8.84. The van der Waals surface area contributed by atoms with Gasteiger partial charge in [-0.25, -0.2) is 0 Å². The summed E-state index contributed by atoms with van der Waals surface area (Å²) in [5, 5.41) is 15.9. The maximum atomic E-state index is 12.4. The Labute approximate surface area is 184 Å². The molecule has 1 N–H and O–H groups in total. The first-order valence-corrected chi connectivity index (χ1v) is 12.0. The van der Waals surface area contributed by atoms with Gasteiger partial charge in [-0.15, -0.1) is 21.5 Å². The first kappa shape index (κ1) is 20.6. The third kappa shape index (κ3) is 4.42. The Balaban J connectivity index is 1.49. The molecule has 0 saturated heterocycles. The number of fused-ring (bicyclic) bond motifs is 1. The van der Waals surface area contributed by atoms with Gasteiger partial charge >= 0.3 is 0 Å². The van der Waals surface area contributed by atoms with Crippen molar-refractivity contribution in [2.75, 3.05) is 11.1 Å². The number of carbonyl (C=O) groups excluding carboxylic acids is 1. The lowest BCUT2D eigenvalue weighted by Crippen LogP contribution is -2.14. The van der Waals surface area contributed by atoms with E-state index in [1.54, 1.807) is 11.3 Å². The molecule has 0 unspecified atom stereocenters. The van der Waals surface area contributed by atoms with Crippen LogP contribution in [0.15, 0.2) is 59.1 Å². The number of hydrogen-bond acceptors (Lipinski definition) is 5. The van der Waals surface area contributed by atoms with Gasteiger partial charge in [-0.1, -0.05) is 55.9 Å². The summed E-state index contributed by atoms with van der Waals surface area (Å²) in [5.41, 5.74) is 3.17. The topological polar surface area (TPSA) is 59.8 Å². The third-order valence-corrected chi connectivity index (χ3v) is 6.79. The van der Waals surface area contributed by atoms with Crippen LogP contribution in [0.25, 0.3) is 21.5 Å². The maximum absolute atomic E-state index is 12.4. The van der Waals surface area contributed by atoms with Gasteiger partial charge in [0, 0.05) is 33.3 Å². The smallest absolute Gasteiger partial charge is 0.234 e. The lowest BCUT2D eigenvalue weighted by molar-refractivity contribution is -0.113. The van der Waals surface area contributed by atoms with Crippen molar-refractivity contribution in [1.29, 1.82) is 0 Å². The van der Waals surface area contributed by atoms with E-state index in [-0.39, 0.29) is 5.91 Å². The van der Waals surface area contributed by atoms with Crippen LogP contribution in [0.1, 0.15) is 25.8 Å². The molecule has 7 heteroatoms. The van der Waals surface area contributed by atoms with Crippen molar-refractivity contribution in [2.45, 2.75) is 38.4 Å². The number of anilines is 1. The summed E-state index contributed by atoms with van der Waals surface area (Å²) in [4.78, 5) is 12.4. The molecule has 0 radical (unpaired) electrons. The number of hydrogen-bond donors (Lipinski definition) is 1. The number of nitrogens with one attached hydrogen (secondary N) is 1. The summed E-state index contributed by atoms with van der Waals surface area (Å²) in [6, 6.07) is 16.3. The fraction of sp³-hybridized carbons (Fsp3) is 0.261. The lowest BCUT2D eigenvalue weighted by atomic mass is 10.1. The van der Waals surface area contributed by atoms with Crippen molar-refractivity contribution in [1.82, 2.24) is 14.8 Å². The Morgan fingerprint density at radius 3 is 2.67 bits per heavy atom. The van der Waals surface area contributed by atoms with Crippen LogP contribution in [0, 0.1) is 0 Å². The summed E-state index contributed by atoms with van der Waals surface area (Å²) in [7, 11) is 0. The van der Waals surface area contributed by atoms with Crippen LogP contribution in [0.5, 0.6) is 0 Å². The second-order valence-electron chi connectivity index (χ2n) is 6.99. The van der Waals surface area contributed by atoms with Crippen molar-refractivity contribution in [2.24, 2.45) is 0 Å². The minimum atomic E-state index is -0.0437. The Morgan fingerprint density at radius 1 is 1.10 bits per heavy atom. The third-order valence-electron chi connectivity index (χ3n) is 4.86. The molecule has 0 aliphatic carbocycles. The highest BCUT2D eigenvalue weighted by molar-refractivity contribution is 7.99. The van der Waals surface area contributed by atoms with E-state index in [9.17, 15) is 4.79 Å². The van der Waals surface area contributed by atoms with Gasteiger partial charge < -0.3 is 9.88 Å². The average molecular weight is 437 g/mol. The minimum absolute atomic E-state index is 0.0437. The van der Waals surface area contributed by atoms with Crippen LogP contribution in [0.2, 0.25) is 0 Å². The standard InChI is InChI=1S/C23H24N4OS2/c1-3-13-27-22(19-14-29-20-8-6-5-7-18(19)20)25-26-23(27)30-15-21(28)24-17-11-9-16(4-2)10-12-17/h5-12,14H,3-4,13,15H2,1-2H3,(H,24,28). The van der Waals surface area contributed by atoms with Crippen molar-refractivity contribution >= 4 is 44.8 Å². The predicted octanol–water partition coefficient (Wildman–Crippen LogP) is 5.86. The SMILES string of the molecule is CCCn1c(SCC(=O)Nc2ccc(CC)cc2)nnc1-c1csc2ccccc12. The van der Waals surface area contributed by atoms with E-state index >= 15 is 0 Å². The van der Waals surface area contributed by atoms with Crippen LogP contribution < -0.4 is 5.32 Å². The molecular weight excluding hydrogens is 412 g/mol. The molecule has 0 fully saturated rings. The molecule has 0 spiro atoms. The molecule has 0 atom stereocenters. The van der Waals surface area contributed by atoms with Gasteiger partial charge in [-0.3, -0.25) is 4.79 Å². The molecule has 0 aliphatic rings. The van der Waals surface area contributed by atoms with Gasteiger partial charge in [0.2, 0.25) is 5.91 Å². The van der Waals surface area contributed by atoms with E-state index in [1.807, 2.05) is 30.3 Å². The van der Waals surface area contributed by atoms with Gasteiger partial charge in [-0.2, -0.15) is 0 Å². The Kier molecular flexibility index (Phi) is 6.50. The molecule has 154 valence electrons. The molecular formula is C23H24N4OS2. The molecule has 30 heavy (non-hydrogen) atoms. The van der Waals surface area contributed by atoms with Gasteiger partial charge in [-0.05, 0) is 36.6 Å². The molecule has 1 amide bonds. The first-order chi connectivity index (χ1) is 14.7. The largest absolute Gasteiger partial charge is 0.325 e. The number of amides is 1. The summed E-state index contributed by atoms with van der Waals surface area (Å²) in [6.07, 6.45) is 1.95. The van der Waals surface area contributed by atoms with E-state index in [0.717, 1.165) is 41.6 Å². The van der Waals surface area contributed by atoms with E-state index in [1.165, 1.54) is 27.4 Å². The number of carbonyl (C=O) groups is 1. The van der Waals surface area contributed by atoms with Gasteiger partial charge in [0.1, 0.15) is 0 Å². The molecule has 0 saturated carbocycles. The Hall–Kier alpha value is -2.64. The van der Waals surface area contributed by atoms with Crippen LogP contribution >= 0.6 is 23.1 Å². The monoisotopic (exact) mass is 436 g/mol. The van der Waals surface area contributed by atoms with Crippen LogP contribution in [-0.2, 0) is 17.8 Å². The predicted molar refractivity (Wildman–Crippen MR) is 126 cm³/mol. The highest BCUT2D eigenvalue weighted by Gasteiger charge is 2.18. The van der Waals surface area contributed by atoms with Gasteiger partial charge in [0.15, 0.2) is 11.0 Å². The first-order valence-electron chi connectivity index (χ1n) is 10.1. The van der Waals surface area contributed by atoms with Crippen molar-refractivity contribution in [3.63, 3.8) is 0 Å². The number of aromatic nitrogens is 3. The van der Waals surface area contributed by atoms with Crippen LogP contribution in [0.3, 0.4) is 0 Å². The second kappa shape index (κ2) is 9.45. The number of thioether (sulfide) groups is 1. The summed E-state index contributed by atoms with van der Waals surface area (Å²) < 4.78 is 3.36. The van der Waals surface area contributed by atoms with E-state index in [0.29, 0.717) is 5.75 Å². The number of nitrogens with zero attached hydrogens (tertiary/aromatic N) is 3. The van der Waals surface area contributed by atoms with E-state index < -0.39 is 0 Å². The molecule has 2 heterocycles. The van der Waals surface area contributed by atoms with Crippen molar-refractivity contribution in [3.05, 3.63) is 59.5 Å². The zero-order valence-corrected chi connectivity index (χ0v) is 18.7. The minimum Gasteiger partial charge on any atom is -0.325 e. The molecule has 2 aromatic carbocycles. The van der Waals surface area contributed by atoms with Crippen LogP contribution in [-0.4, -0.2) is 26.4 Å². The maximum Gasteiger partial charge on any atom is 0.234 e. The number of thiophene rings is 1. The molecule has 4 rings (SSSR count). The van der Waals surface area contributed by atoms with Crippen molar-refractivity contribution < 1.29 is 4.79 Å². The summed E-state index contributed by atoms with van der Waals surface area (Å²) >= 11 is 3.14. The van der Waals surface area contributed by atoms with Gasteiger partial charge in [0.05, 0.1) is 5.75 Å². The van der Waals surface area contributed by atoms with Crippen molar-refractivity contribution in [3.8, 4) is 11.4 Å². The molecule has 0 aliphatic heterocycles. The fourth-order valence-corrected chi connectivity index (χ4v) is 5.03. The number of aryl methyl sites for hydroxylation is 1.